The highest BCUT2D eigenvalue weighted by Gasteiger charge is 2.33. The first-order valence-electron chi connectivity index (χ1n) is 10.2. The van der Waals surface area contributed by atoms with E-state index in [1.165, 1.54) is 0 Å². The highest BCUT2D eigenvalue weighted by Crippen LogP contribution is 2.33. The number of rotatable bonds is 6. The molecule has 0 bridgehead atoms. The standard InChI is InChI=1S/C22H29ClN4O2/c1-4-11-24-22(29)27(16(2)3)15-20(28)26-14-13-25-12-5-6-19(25)21(26)17-7-9-18(23)10-8-17/h5-10,12,16,21H,4,11,13-15H2,1-3H3,(H,24,29)/t21-/m0/s1. The number of nitrogens with zero attached hydrogens (tertiary/aromatic N) is 3. The zero-order valence-corrected chi connectivity index (χ0v) is 18.0. The van der Waals surface area contributed by atoms with E-state index in [0.717, 1.165) is 24.2 Å². The molecule has 3 rings (SSSR count). The predicted molar refractivity (Wildman–Crippen MR) is 115 cm³/mol. The van der Waals surface area contributed by atoms with Crippen LogP contribution in [-0.4, -0.2) is 52.0 Å². The molecule has 1 atom stereocenters. The Kier molecular flexibility index (Phi) is 6.85. The third-order valence-corrected chi connectivity index (χ3v) is 5.51. The zero-order chi connectivity index (χ0) is 21.0. The zero-order valence-electron chi connectivity index (χ0n) is 17.3. The van der Waals surface area contributed by atoms with Gasteiger partial charge in [-0.3, -0.25) is 4.79 Å². The van der Waals surface area contributed by atoms with Crippen molar-refractivity contribution in [3.05, 3.63) is 58.9 Å². The summed E-state index contributed by atoms with van der Waals surface area (Å²) in [6, 6.07) is 11.2. The van der Waals surface area contributed by atoms with Crippen molar-refractivity contribution < 1.29 is 9.59 Å². The molecule has 2 heterocycles. The van der Waals surface area contributed by atoms with Crippen LogP contribution < -0.4 is 5.32 Å². The Morgan fingerprint density at radius 2 is 1.93 bits per heavy atom. The van der Waals surface area contributed by atoms with Crippen molar-refractivity contribution in [2.24, 2.45) is 0 Å². The van der Waals surface area contributed by atoms with Crippen LogP contribution in [0.5, 0.6) is 0 Å². The summed E-state index contributed by atoms with van der Waals surface area (Å²) < 4.78 is 2.18. The van der Waals surface area contributed by atoms with E-state index in [0.29, 0.717) is 18.1 Å². The molecular formula is C22H29ClN4O2. The van der Waals surface area contributed by atoms with Crippen LogP contribution in [0.1, 0.15) is 44.5 Å². The van der Waals surface area contributed by atoms with Gasteiger partial charge in [0, 0.05) is 42.6 Å². The fraction of sp³-hybridized carbons (Fsp3) is 0.455. The summed E-state index contributed by atoms with van der Waals surface area (Å²) in [6.07, 6.45) is 2.89. The second-order valence-electron chi connectivity index (χ2n) is 7.62. The minimum absolute atomic E-state index is 0.0536. The summed E-state index contributed by atoms with van der Waals surface area (Å²) in [4.78, 5) is 29.4. The van der Waals surface area contributed by atoms with Gasteiger partial charge in [-0.15, -0.1) is 0 Å². The van der Waals surface area contributed by atoms with Crippen LogP contribution in [-0.2, 0) is 11.3 Å². The maximum atomic E-state index is 13.3. The number of benzene rings is 1. The maximum absolute atomic E-state index is 13.3. The monoisotopic (exact) mass is 416 g/mol. The molecule has 2 aromatic rings. The van der Waals surface area contributed by atoms with E-state index in [1.54, 1.807) is 4.90 Å². The van der Waals surface area contributed by atoms with Crippen molar-refractivity contribution in [3.8, 4) is 0 Å². The largest absolute Gasteiger partial charge is 0.348 e. The van der Waals surface area contributed by atoms with Crippen LogP contribution in [0.2, 0.25) is 5.02 Å². The Balaban J connectivity index is 1.85. The molecule has 3 amide bonds. The van der Waals surface area contributed by atoms with Crippen LogP contribution in [0.3, 0.4) is 0 Å². The first kappa shape index (κ1) is 21.2. The third kappa shape index (κ3) is 4.75. The van der Waals surface area contributed by atoms with Crippen LogP contribution >= 0.6 is 11.6 Å². The lowest BCUT2D eigenvalue weighted by Crippen LogP contribution is -2.51. The SMILES string of the molecule is CCCNC(=O)N(CC(=O)N1CCn2cccc2[C@@H]1c1ccc(Cl)cc1)C(C)C. The van der Waals surface area contributed by atoms with Crippen molar-refractivity contribution in [2.45, 2.75) is 45.8 Å². The molecule has 1 aromatic heterocycles. The molecule has 6 nitrogen and oxygen atoms in total. The summed E-state index contributed by atoms with van der Waals surface area (Å²) in [5, 5.41) is 3.54. The number of urea groups is 1. The number of hydrogen-bond acceptors (Lipinski definition) is 2. The van der Waals surface area contributed by atoms with Crippen molar-refractivity contribution >= 4 is 23.5 Å². The van der Waals surface area contributed by atoms with Crippen molar-refractivity contribution in [1.29, 1.82) is 0 Å². The summed E-state index contributed by atoms with van der Waals surface area (Å²) in [7, 11) is 0. The molecule has 0 saturated heterocycles. The highest BCUT2D eigenvalue weighted by atomic mass is 35.5. The van der Waals surface area contributed by atoms with E-state index in [2.05, 4.69) is 9.88 Å². The number of hydrogen-bond donors (Lipinski definition) is 1. The second kappa shape index (κ2) is 9.35. The Morgan fingerprint density at radius 3 is 2.59 bits per heavy atom. The first-order valence-corrected chi connectivity index (χ1v) is 10.5. The molecule has 156 valence electrons. The molecule has 0 unspecified atom stereocenters. The number of carbonyl (C=O) groups excluding carboxylic acids is 2. The van der Waals surface area contributed by atoms with Crippen LogP contribution in [0.4, 0.5) is 4.79 Å². The molecule has 29 heavy (non-hydrogen) atoms. The van der Waals surface area contributed by atoms with Gasteiger partial charge in [0.1, 0.15) is 6.54 Å². The summed E-state index contributed by atoms with van der Waals surface area (Å²) in [6.45, 7) is 7.84. The predicted octanol–water partition coefficient (Wildman–Crippen LogP) is 3.90. The van der Waals surface area contributed by atoms with Gasteiger partial charge in [-0.05, 0) is 50.1 Å². The van der Waals surface area contributed by atoms with E-state index in [-0.39, 0.29) is 30.6 Å². The summed E-state index contributed by atoms with van der Waals surface area (Å²) in [5.74, 6) is -0.0576. The molecular weight excluding hydrogens is 388 g/mol. The lowest BCUT2D eigenvalue weighted by atomic mass is 9.99. The van der Waals surface area contributed by atoms with Gasteiger partial charge in [-0.1, -0.05) is 30.7 Å². The fourth-order valence-corrected chi connectivity index (χ4v) is 3.83. The number of carbonyl (C=O) groups is 2. The Bertz CT molecular complexity index is 847. The molecule has 0 aliphatic carbocycles. The number of amides is 3. The quantitative estimate of drug-likeness (QED) is 0.776. The molecule has 0 fully saturated rings. The van der Waals surface area contributed by atoms with Crippen molar-refractivity contribution in [3.63, 3.8) is 0 Å². The molecule has 1 aliphatic rings. The molecule has 1 aromatic carbocycles. The van der Waals surface area contributed by atoms with Gasteiger partial charge in [0.2, 0.25) is 5.91 Å². The van der Waals surface area contributed by atoms with E-state index in [9.17, 15) is 9.59 Å². The number of nitrogens with one attached hydrogen (secondary N) is 1. The third-order valence-electron chi connectivity index (χ3n) is 5.26. The van der Waals surface area contributed by atoms with Crippen LogP contribution in [0, 0.1) is 0 Å². The molecule has 7 heteroatoms. The Morgan fingerprint density at radius 1 is 1.21 bits per heavy atom. The van der Waals surface area contributed by atoms with Gasteiger partial charge in [-0.25, -0.2) is 4.79 Å². The van der Waals surface area contributed by atoms with Gasteiger partial charge in [0.25, 0.3) is 0 Å². The van der Waals surface area contributed by atoms with Crippen molar-refractivity contribution in [1.82, 2.24) is 19.7 Å². The minimum atomic E-state index is -0.198. The number of halogens is 1. The molecule has 0 radical (unpaired) electrons. The van der Waals surface area contributed by atoms with Gasteiger partial charge in [0.15, 0.2) is 0 Å². The highest BCUT2D eigenvalue weighted by molar-refractivity contribution is 6.30. The molecule has 0 spiro atoms. The Labute approximate surface area is 177 Å². The maximum Gasteiger partial charge on any atom is 0.318 e. The van der Waals surface area contributed by atoms with Gasteiger partial charge in [0.05, 0.1) is 6.04 Å². The summed E-state index contributed by atoms with van der Waals surface area (Å²) in [5.41, 5.74) is 2.08. The molecule has 1 aliphatic heterocycles. The Hall–Kier alpha value is -2.47. The average molecular weight is 417 g/mol. The molecule has 0 saturated carbocycles. The van der Waals surface area contributed by atoms with E-state index in [1.807, 2.05) is 68.3 Å². The smallest absolute Gasteiger partial charge is 0.318 e. The van der Waals surface area contributed by atoms with Gasteiger partial charge >= 0.3 is 6.03 Å². The first-order chi connectivity index (χ1) is 13.9. The topological polar surface area (TPSA) is 57.6 Å². The number of aromatic nitrogens is 1. The normalized spacial score (nSPS) is 15.9. The number of fused-ring (bicyclic) bond motifs is 1. The van der Waals surface area contributed by atoms with Crippen LogP contribution in [0.15, 0.2) is 42.6 Å². The van der Waals surface area contributed by atoms with E-state index >= 15 is 0 Å². The summed E-state index contributed by atoms with van der Waals surface area (Å²) >= 11 is 6.07. The second-order valence-corrected chi connectivity index (χ2v) is 8.06. The lowest BCUT2D eigenvalue weighted by molar-refractivity contribution is -0.134. The van der Waals surface area contributed by atoms with E-state index in [4.69, 9.17) is 11.6 Å². The average Bonchev–Trinajstić information content (AvgIpc) is 3.18. The van der Waals surface area contributed by atoms with Gasteiger partial charge in [-0.2, -0.15) is 0 Å². The minimum Gasteiger partial charge on any atom is -0.348 e. The lowest BCUT2D eigenvalue weighted by Gasteiger charge is -2.39. The van der Waals surface area contributed by atoms with E-state index < -0.39 is 0 Å². The van der Waals surface area contributed by atoms with Crippen LogP contribution in [0.25, 0.3) is 0 Å². The molecule has 1 N–H and O–H groups in total. The van der Waals surface area contributed by atoms with Gasteiger partial charge < -0.3 is 19.7 Å². The van der Waals surface area contributed by atoms with Crippen molar-refractivity contribution in [2.75, 3.05) is 19.6 Å². The fourth-order valence-electron chi connectivity index (χ4n) is 3.71.